The van der Waals surface area contributed by atoms with E-state index in [2.05, 4.69) is 10.3 Å². The van der Waals surface area contributed by atoms with Crippen molar-refractivity contribution in [3.05, 3.63) is 29.6 Å². The number of nitrogens with zero attached hydrogens (tertiary/aromatic N) is 3. The summed E-state index contributed by atoms with van der Waals surface area (Å²) >= 11 is 0. The van der Waals surface area contributed by atoms with Crippen LogP contribution in [0.4, 0.5) is 4.79 Å². The van der Waals surface area contributed by atoms with Crippen LogP contribution in [0, 0.1) is 6.92 Å². The first kappa shape index (κ1) is 18.7. The van der Waals surface area contributed by atoms with Gasteiger partial charge in [0.1, 0.15) is 6.54 Å². The van der Waals surface area contributed by atoms with Crippen molar-refractivity contribution >= 4 is 11.9 Å². The molecular weight excluding hydrogens is 328 g/mol. The van der Waals surface area contributed by atoms with Crippen LogP contribution in [0.2, 0.25) is 0 Å². The van der Waals surface area contributed by atoms with E-state index in [4.69, 9.17) is 0 Å². The van der Waals surface area contributed by atoms with Gasteiger partial charge in [0.05, 0.1) is 0 Å². The summed E-state index contributed by atoms with van der Waals surface area (Å²) in [7, 11) is 0. The molecule has 0 aromatic carbocycles. The zero-order chi connectivity index (χ0) is 18.5. The SMILES string of the molecule is Cc1cccnc1CC(C)NC(=O)N1CCN(C2CCCCC2)C(=O)C1. The zero-order valence-corrected chi connectivity index (χ0v) is 15.9. The summed E-state index contributed by atoms with van der Waals surface area (Å²) in [5.74, 6) is 0.0894. The lowest BCUT2D eigenvalue weighted by molar-refractivity contribution is -0.138. The van der Waals surface area contributed by atoms with Crippen molar-refractivity contribution in [1.82, 2.24) is 20.1 Å². The van der Waals surface area contributed by atoms with Gasteiger partial charge in [-0.15, -0.1) is 0 Å². The molecule has 1 saturated carbocycles. The quantitative estimate of drug-likeness (QED) is 0.899. The van der Waals surface area contributed by atoms with Crippen molar-refractivity contribution in [2.24, 2.45) is 0 Å². The van der Waals surface area contributed by atoms with Gasteiger partial charge in [0.25, 0.3) is 0 Å². The Kier molecular flexibility index (Phi) is 6.12. The van der Waals surface area contributed by atoms with E-state index in [1.807, 2.05) is 30.9 Å². The van der Waals surface area contributed by atoms with Gasteiger partial charge in [-0.05, 0) is 38.3 Å². The van der Waals surface area contributed by atoms with Crippen molar-refractivity contribution < 1.29 is 9.59 Å². The van der Waals surface area contributed by atoms with E-state index in [-0.39, 0.29) is 24.5 Å². The Balaban J connectivity index is 1.49. The fraction of sp³-hybridized carbons (Fsp3) is 0.650. The average Bonchev–Trinajstić information content (AvgIpc) is 2.64. The second-order valence-electron chi connectivity index (χ2n) is 7.62. The highest BCUT2D eigenvalue weighted by Crippen LogP contribution is 2.24. The highest BCUT2D eigenvalue weighted by Gasteiger charge is 2.32. The molecule has 1 N–H and O–H groups in total. The van der Waals surface area contributed by atoms with Gasteiger partial charge < -0.3 is 15.1 Å². The van der Waals surface area contributed by atoms with Crippen LogP contribution in [-0.2, 0) is 11.2 Å². The number of rotatable bonds is 4. The molecule has 2 aliphatic rings. The number of nitrogens with one attached hydrogen (secondary N) is 1. The largest absolute Gasteiger partial charge is 0.336 e. The third kappa shape index (κ3) is 4.54. The molecule has 6 heteroatoms. The molecule has 1 unspecified atom stereocenters. The van der Waals surface area contributed by atoms with Gasteiger partial charge in [-0.1, -0.05) is 25.3 Å². The minimum Gasteiger partial charge on any atom is -0.336 e. The molecule has 142 valence electrons. The lowest BCUT2D eigenvalue weighted by Crippen LogP contribution is -2.58. The summed E-state index contributed by atoms with van der Waals surface area (Å²) in [4.78, 5) is 33.1. The summed E-state index contributed by atoms with van der Waals surface area (Å²) in [6, 6.07) is 4.15. The zero-order valence-electron chi connectivity index (χ0n) is 15.9. The third-order valence-corrected chi connectivity index (χ3v) is 5.55. The van der Waals surface area contributed by atoms with E-state index in [9.17, 15) is 9.59 Å². The molecule has 0 bridgehead atoms. The van der Waals surface area contributed by atoms with E-state index >= 15 is 0 Å². The molecule has 3 amide bonds. The lowest BCUT2D eigenvalue weighted by atomic mass is 9.93. The molecule has 2 fully saturated rings. The number of amides is 3. The number of hydrogen-bond donors (Lipinski definition) is 1. The Hall–Kier alpha value is -2.11. The predicted octanol–water partition coefficient (Wildman–Crippen LogP) is 2.51. The van der Waals surface area contributed by atoms with E-state index in [0.29, 0.717) is 25.6 Å². The lowest BCUT2D eigenvalue weighted by Gasteiger charge is -2.40. The van der Waals surface area contributed by atoms with Crippen molar-refractivity contribution in [3.8, 4) is 0 Å². The molecule has 0 radical (unpaired) electrons. The van der Waals surface area contributed by atoms with Crippen molar-refractivity contribution in [2.45, 2.75) is 64.5 Å². The smallest absolute Gasteiger partial charge is 0.318 e. The van der Waals surface area contributed by atoms with Crippen LogP contribution in [0.5, 0.6) is 0 Å². The summed E-state index contributed by atoms with van der Waals surface area (Å²) in [5, 5.41) is 3.02. The monoisotopic (exact) mass is 358 g/mol. The summed E-state index contributed by atoms with van der Waals surface area (Å²) < 4.78 is 0. The van der Waals surface area contributed by atoms with E-state index in [1.54, 1.807) is 11.1 Å². The summed E-state index contributed by atoms with van der Waals surface area (Å²) in [6.45, 7) is 5.47. The Bertz CT molecular complexity index is 642. The van der Waals surface area contributed by atoms with Crippen LogP contribution in [0.25, 0.3) is 0 Å². The highest BCUT2D eigenvalue weighted by atomic mass is 16.2. The van der Waals surface area contributed by atoms with Crippen LogP contribution in [0.15, 0.2) is 18.3 Å². The standard InChI is InChI=1S/C20H30N4O2/c1-15-7-6-10-21-18(15)13-16(2)22-20(26)23-11-12-24(19(25)14-23)17-8-4-3-5-9-17/h6-7,10,16-17H,3-5,8-9,11-14H2,1-2H3,(H,22,26). The average molecular weight is 358 g/mol. The highest BCUT2D eigenvalue weighted by molar-refractivity contribution is 5.85. The molecule has 26 heavy (non-hydrogen) atoms. The van der Waals surface area contributed by atoms with Crippen molar-refractivity contribution in [3.63, 3.8) is 0 Å². The normalized spacial score (nSPS) is 20.2. The van der Waals surface area contributed by atoms with Crippen LogP contribution in [0.3, 0.4) is 0 Å². The molecular formula is C20H30N4O2. The van der Waals surface area contributed by atoms with Gasteiger partial charge in [0.15, 0.2) is 0 Å². The van der Waals surface area contributed by atoms with Crippen molar-refractivity contribution in [1.29, 1.82) is 0 Å². The van der Waals surface area contributed by atoms with E-state index in [1.165, 1.54) is 19.3 Å². The molecule has 2 heterocycles. The molecule has 1 aliphatic carbocycles. The number of aromatic nitrogens is 1. The van der Waals surface area contributed by atoms with Crippen molar-refractivity contribution in [2.75, 3.05) is 19.6 Å². The Morgan fingerprint density at radius 3 is 2.77 bits per heavy atom. The second kappa shape index (κ2) is 8.52. The Labute approximate surface area is 156 Å². The van der Waals surface area contributed by atoms with Gasteiger partial charge in [-0.25, -0.2) is 4.79 Å². The molecule has 0 spiro atoms. The number of aryl methyl sites for hydroxylation is 1. The molecule has 1 aromatic rings. The maximum atomic E-state index is 12.5. The maximum absolute atomic E-state index is 12.5. The molecule has 1 atom stereocenters. The first-order valence-corrected chi connectivity index (χ1v) is 9.80. The number of pyridine rings is 1. The maximum Gasteiger partial charge on any atom is 0.318 e. The van der Waals surface area contributed by atoms with Gasteiger partial charge in [-0.3, -0.25) is 9.78 Å². The van der Waals surface area contributed by atoms with Crippen LogP contribution < -0.4 is 5.32 Å². The van der Waals surface area contributed by atoms with E-state index < -0.39 is 0 Å². The number of carbonyl (C=O) groups excluding carboxylic acids is 2. The van der Waals surface area contributed by atoms with Gasteiger partial charge in [-0.2, -0.15) is 0 Å². The van der Waals surface area contributed by atoms with Crippen LogP contribution in [0.1, 0.15) is 50.3 Å². The van der Waals surface area contributed by atoms with Gasteiger partial charge in [0.2, 0.25) is 5.91 Å². The first-order chi connectivity index (χ1) is 12.5. The molecule has 1 aromatic heterocycles. The minimum absolute atomic E-state index is 0.0254. The third-order valence-electron chi connectivity index (χ3n) is 5.55. The van der Waals surface area contributed by atoms with E-state index in [0.717, 1.165) is 24.1 Å². The number of piperazine rings is 1. The van der Waals surface area contributed by atoms with Crippen LogP contribution >= 0.6 is 0 Å². The molecule has 1 aliphatic heterocycles. The van der Waals surface area contributed by atoms with Gasteiger partial charge >= 0.3 is 6.03 Å². The number of carbonyl (C=O) groups is 2. The predicted molar refractivity (Wildman–Crippen MR) is 101 cm³/mol. The number of urea groups is 1. The van der Waals surface area contributed by atoms with Crippen LogP contribution in [-0.4, -0.2) is 58.4 Å². The second-order valence-corrected chi connectivity index (χ2v) is 7.62. The Morgan fingerprint density at radius 1 is 1.31 bits per heavy atom. The minimum atomic E-state index is -0.150. The summed E-state index contributed by atoms with van der Waals surface area (Å²) in [6.07, 6.45) is 8.39. The fourth-order valence-corrected chi connectivity index (χ4v) is 4.01. The Morgan fingerprint density at radius 2 is 2.08 bits per heavy atom. The topological polar surface area (TPSA) is 65.5 Å². The molecule has 6 nitrogen and oxygen atoms in total. The van der Waals surface area contributed by atoms with Gasteiger partial charge in [0, 0.05) is 43.5 Å². The molecule has 1 saturated heterocycles. The summed E-state index contributed by atoms with van der Waals surface area (Å²) in [5.41, 5.74) is 2.13. The molecule has 3 rings (SSSR count). The number of hydrogen-bond acceptors (Lipinski definition) is 3. The fourth-order valence-electron chi connectivity index (χ4n) is 4.01. The first-order valence-electron chi connectivity index (χ1n) is 9.80.